The Morgan fingerprint density at radius 2 is 2.00 bits per heavy atom. The van der Waals surface area contributed by atoms with E-state index in [-0.39, 0.29) is 5.75 Å². The predicted octanol–water partition coefficient (Wildman–Crippen LogP) is 0.982. The Morgan fingerprint density at radius 1 is 1.37 bits per heavy atom. The third kappa shape index (κ3) is 6.01. The molecule has 0 saturated carbocycles. The van der Waals surface area contributed by atoms with Crippen LogP contribution in [0.15, 0.2) is 33.9 Å². The summed E-state index contributed by atoms with van der Waals surface area (Å²) in [7, 11) is 0. The van der Waals surface area contributed by atoms with Crippen molar-refractivity contribution in [3.05, 3.63) is 29.8 Å². The number of hydrogen-bond donors (Lipinski definition) is 1. The topological polar surface area (TPSA) is 94.0 Å². The van der Waals surface area contributed by atoms with Crippen molar-refractivity contribution in [1.29, 1.82) is 0 Å². The van der Waals surface area contributed by atoms with Crippen molar-refractivity contribution >= 4 is 29.5 Å². The maximum atomic E-state index is 10.8. The Hall–Kier alpha value is -1.89. The van der Waals surface area contributed by atoms with Gasteiger partial charge in [0.1, 0.15) is 0 Å². The molecule has 0 aliphatic heterocycles. The molecule has 0 saturated heterocycles. The molecule has 0 unspecified atom stereocenters. The average Bonchev–Trinajstić information content (AvgIpc) is 2.34. The molecule has 6 nitrogen and oxygen atoms in total. The van der Waals surface area contributed by atoms with E-state index in [0.29, 0.717) is 5.69 Å². The van der Waals surface area contributed by atoms with Crippen molar-refractivity contribution in [2.24, 2.45) is 9.63 Å². The fraction of sp³-hybridized carbons (Fsp3) is 0.333. The van der Waals surface area contributed by atoms with Gasteiger partial charge in [-0.2, -0.15) is 0 Å². The molecule has 0 aliphatic carbocycles. The maximum Gasteiger partial charge on any atom is 0.217 e. The van der Waals surface area contributed by atoms with Crippen LogP contribution in [0.4, 0.5) is 5.69 Å². The SMILES string of the molecule is CC(=O)N[C@@H](CSN=Nc1ccc(C)cc1)C(=O)[O-]. The van der Waals surface area contributed by atoms with Gasteiger partial charge in [-0.15, -0.1) is 9.63 Å². The van der Waals surface area contributed by atoms with E-state index in [0.717, 1.165) is 17.5 Å². The van der Waals surface area contributed by atoms with Crippen LogP contribution in [0.25, 0.3) is 0 Å². The van der Waals surface area contributed by atoms with E-state index in [2.05, 4.69) is 15.0 Å². The zero-order valence-corrected chi connectivity index (χ0v) is 11.4. The number of amides is 1. The summed E-state index contributed by atoms with van der Waals surface area (Å²) in [6.07, 6.45) is 0. The van der Waals surface area contributed by atoms with E-state index in [9.17, 15) is 14.7 Å². The first-order valence-corrected chi connectivity index (χ1v) is 6.51. The van der Waals surface area contributed by atoms with Crippen LogP contribution in [-0.2, 0) is 9.59 Å². The minimum Gasteiger partial charge on any atom is -0.548 e. The van der Waals surface area contributed by atoms with Crippen LogP contribution in [0.5, 0.6) is 0 Å². The highest BCUT2D eigenvalue weighted by Crippen LogP contribution is 2.16. The van der Waals surface area contributed by atoms with Gasteiger partial charge in [-0.25, -0.2) is 0 Å². The van der Waals surface area contributed by atoms with Crippen LogP contribution in [-0.4, -0.2) is 23.7 Å². The second-order valence-corrected chi connectivity index (χ2v) is 4.64. The van der Waals surface area contributed by atoms with Gasteiger partial charge >= 0.3 is 0 Å². The van der Waals surface area contributed by atoms with Gasteiger partial charge in [-0.05, 0) is 19.1 Å². The zero-order chi connectivity index (χ0) is 14.3. The average molecular weight is 280 g/mol. The summed E-state index contributed by atoms with van der Waals surface area (Å²) in [5, 5.41) is 16.9. The number of carboxylic acid groups (broad SMARTS) is 1. The number of rotatable bonds is 6. The standard InChI is InChI=1S/C12H15N3O3S/c1-8-3-5-10(6-4-8)14-15-19-7-11(12(17)18)13-9(2)16/h3-6,11H,7H2,1-2H3,(H,13,16)(H,17,18)/p-1/t11-/m0/s1. The van der Waals surface area contributed by atoms with Gasteiger partial charge in [0, 0.05) is 24.6 Å². The van der Waals surface area contributed by atoms with Crippen molar-refractivity contribution < 1.29 is 14.7 Å². The Balaban J connectivity index is 2.45. The van der Waals surface area contributed by atoms with Crippen molar-refractivity contribution in [2.75, 3.05) is 5.75 Å². The highest BCUT2D eigenvalue weighted by molar-refractivity contribution is 7.97. The molecule has 0 radical (unpaired) electrons. The predicted molar refractivity (Wildman–Crippen MR) is 70.8 cm³/mol. The monoisotopic (exact) mass is 280 g/mol. The Labute approximate surface area is 115 Å². The lowest BCUT2D eigenvalue weighted by atomic mass is 10.2. The number of aryl methyl sites for hydroxylation is 1. The maximum absolute atomic E-state index is 10.8. The normalized spacial score (nSPS) is 12.3. The summed E-state index contributed by atoms with van der Waals surface area (Å²) in [6, 6.07) is 6.35. The number of nitrogens with one attached hydrogen (secondary N) is 1. The molecule has 0 spiro atoms. The molecule has 102 valence electrons. The van der Waals surface area contributed by atoms with Gasteiger partial charge < -0.3 is 15.2 Å². The first-order chi connectivity index (χ1) is 8.99. The number of benzene rings is 1. The number of carboxylic acids is 1. The molecule has 0 heterocycles. The van der Waals surface area contributed by atoms with Crippen LogP contribution in [0.1, 0.15) is 12.5 Å². The van der Waals surface area contributed by atoms with Crippen molar-refractivity contribution in [2.45, 2.75) is 19.9 Å². The summed E-state index contributed by atoms with van der Waals surface area (Å²) in [4.78, 5) is 21.5. The van der Waals surface area contributed by atoms with Crippen molar-refractivity contribution in [3.8, 4) is 0 Å². The lowest BCUT2D eigenvalue weighted by molar-refractivity contribution is -0.307. The summed E-state index contributed by atoms with van der Waals surface area (Å²) in [6.45, 7) is 3.21. The molecular weight excluding hydrogens is 266 g/mol. The Morgan fingerprint density at radius 3 is 2.53 bits per heavy atom. The highest BCUT2D eigenvalue weighted by Gasteiger charge is 2.10. The molecule has 19 heavy (non-hydrogen) atoms. The van der Waals surface area contributed by atoms with E-state index in [1.807, 2.05) is 31.2 Å². The summed E-state index contributed by atoms with van der Waals surface area (Å²) < 4.78 is 3.80. The fourth-order valence-corrected chi connectivity index (χ4v) is 1.80. The van der Waals surface area contributed by atoms with Crippen LogP contribution in [0.2, 0.25) is 0 Å². The van der Waals surface area contributed by atoms with Crippen molar-refractivity contribution in [1.82, 2.24) is 5.32 Å². The molecule has 1 aromatic rings. The van der Waals surface area contributed by atoms with Crippen molar-refractivity contribution in [3.63, 3.8) is 0 Å². The van der Waals surface area contributed by atoms with E-state index in [1.54, 1.807) is 0 Å². The smallest absolute Gasteiger partial charge is 0.217 e. The third-order valence-corrected chi connectivity index (χ3v) is 2.83. The number of nitrogens with zero attached hydrogens (tertiary/aromatic N) is 2. The number of aliphatic carboxylic acids is 1. The molecule has 0 aromatic heterocycles. The fourth-order valence-electron chi connectivity index (χ4n) is 1.21. The van der Waals surface area contributed by atoms with Crippen LogP contribution in [0.3, 0.4) is 0 Å². The Bertz CT molecular complexity index is 474. The van der Waals surface area contributed by atoms with Gasteiger partial charge in [0.2, 0.25) is 5.91 Å². The number of hydrogen-bond acceptors (Lipinski definition) is 6. The molecule has 1 aromatic carbocycles. The molecule has 0 fully saturated rings. The molecule has 1 N–H and O–H groups in total. The van der Waals surface area contributed by atoms with E-state index < -0.39 is 17.9 Å². The first kappa shape index (κ1) is 15.2. The molecule has 1 atom stereocenters. The summed E-state index contributed by atoms with van der Waals surface area (Å²) >= 11 is 0.953. The first-order valence-electron chi connectivity index (χ1n) is 5.56. The molecular formula is C12H14N3O3S-. The largest absolute Gasteiger partial charge is 0.548 e. The number of carbonyl (C=O) groups is 2. The minimum atomic E-state index is -1.34. The second-order valence-electron chi connectivity index (χ2n) is 3.89. The van der Waals surface area contributed by atoms with Crippen LogP contribution in [0, 0.1) is 6.92 Å². The zero-order valence-electron chi connectivity index (χ0n) is 10.6. The van der Waals surface area contributed by atoms with Gasteiger partial charge in [-0.1, -0.05) is 17.7 Å². The molecule has 7 heteroatoms. The quantitative estimate of drug-likeness (QED) is 0.621. The lowest BCUT2D eigenvalue weighted by Crippen LogP contribution is -2.48. The molecule has 1 amide bonds. The van der Waals surface area contributed by atoms with E-state index in [1.165, 1.54) is 6.92 Å². The molecule has 0 bridgehead atoms. The molecule has 1 rings (SSSR count). The number of carbonyl (C=O) groups excluding carboxylic acids is 2. The van der Waals surface area contributed by atoms with E-state index in [4.69, 9.17) is 0 Å². The van der Waals surface area contributed by atoms with Gasteiger partial charge in [0.15, 0.2) is 0 Å². The van der Waals surface area contributed by atoms with E-state index >= 15 is 0 Å². The molecule has 0 aliphatic rings. The highest BCUT2D eigenvalue weighted by atomic mass is 32.2. The lowest BCUT2D eigenvalue weighted by Gasteiger charge is -2.16. The van der Waals surface area contributed by atoms with Gasteiger partial charge in [0.25, 0.3) is 0 Å². The minimum absolute atomic E-state index is 0.0667. The summed E-state index contributed by atoms with van der Waals surface area (Å²) in [5.74, 6) is -1.70. The second kappa shape index (κ2) is 7.52. The van der Waals surface area contributed by atoms with Crippen LogP contribution < -0.4 is 10.4 Å². The van der Waals surface area contributed by atoms with Crippen LogP contribution >= 0.6 is 11.9 Å². The Kier molecular flexibility index (Phi) is 6.01. The summed E-state index contributed by atoms with van der Waals surface area (Å²) in [5.41, 5.74) is 1.80. The van der Waals surface area contributed by atoms with Gasteiger partial charge in [0.05, 0.1) is 17.7 Å². The third-order valence-electron chi connectivity index (χ3n) is 2.15. The van der Waals surface area contributed by atoms with Gasteiger partial charge in [-0.3, -0.25) is 4.79 Å².